The van der Waals surface area contributed by atoms with Gasteiger partial charge in [0.15, 0.2) is 0 Å². The molecule has 1 N–H and O–H groups in total. The Morgan fingerprint density at radius 1 is 1.13 bits per heavy atom. The van der Waals surface area contributed by atoms with Crippen LogP contribution in [0.3, 0.4) is 0 Å². The van der Waals surface area contributed by atoms with E-state index in [0.29, 0.717) is 11.3 Å². The monoisotopic (exact) mass is 308 g/mol. The number of benzene rings is 2. The van der Waals surface area contributed by atoms with E-state index >= 15 is 0 Å². The fraction of sp³-hybridized carbons (Fsp3) is 0.111. The minimum atomic E-state index is -0.416. The van der Waals surface area contributed by atoms with Crippen molar-refractivity contribution in [3.8, 4) is 17.0 Å². The zero-order valence-electron chi connectivity index (χ0n) is 12.7. The number of hydrogen-bond donors (Lipinski definition) is 1. The first-order valence-corrected chi connectivity index (χ1v) is 7.17. The Kier molecular flexibility index (Phi) is 4.38. The van der Waals surface area contributed by atoms with Crippen LogP contribution >= 0.6 is 0 Å². The van der Waals surface area contributed by atoms with Crippen LogP contribution in [0.15, 0.2) is 60.8 Å². The number of ether oxygens (including phenoxy) is 2. The van der Waals surface area contributed by atoms with E-state index in [1.54, 1.807) is 7.11 Å². The molecule has 0 radical (unpaired) electrons. The molecule has 3 rings (SSSR count). The largest absolute Gasteiger partial charge is 0.497 e. The van der Waals surface area contributed by atoms with E-state index in [9.17, 15) is 4.79 Å². The first-order valence-electron chi connectivity index (χ1n) is 7.17. The highest BCUT2D eigenvalue weighted by molar-refractivity contribution is 5.95. The molecule has 0 aliphatic rings. The molecular weight excluding hydrogens is 292 g/mol. The molecule has 23 heavy (non-hydrogen) atoms. The van der Waals surface area contributed by atoms with E-state index in [0.717, 1.165) is 16.9 Å². The van der Waals surface area contributed by atoms with Gasteiger partial charge in [-0.1, -0.05) is 42.5 Å². The quantitative estimate of drug-likeness (QED) is 0.733. The van der Waals surface area contributed by atoms with E-state index in [1.807, 2.05) is 54.6 Å². The first kappa shape index (κ1) is 14.8. The number of aromatic amines is 1. The molecule has 0 fully saturated rings. The number of H-pyrrole nitrogens is 1. The number of nitrogens with zero attached hydrogens (tertiary/aromatic N) is 1. The third-order valence-electron chi connectivity index (χ3n) is 3.43. The number of hydrogen-bond acceptors (Lipinski definition) is 4. The number of rotatable bonds is 5. The summed E-state index contributed by atoms with van der Waals surface area (Å²) in [5.74, 6) is 0.312. The van der Waals surface area contributed by atoms with Crippen LogP contribution in [0.4, 0.5) is 0 Å². The van der Waals surface area contributed by atoms with Gasteiger partial charge in [-0.2, -0.15) is 5.10 Å². The van der Waals surface area contributed by atoms with Crippen LogP contribution in [0.1, 0.15) is 15.9 Å². The highest BCUT2D eigenvalue weighted by Crippen LogP contribution is 2.22. The van der Waals surface area contributed by atoms with Crippen LogP contribution in [0.2, 0.25) is 0 Å². The minimum absolute atomic E-state index is 0.176. The molecule has 0 atom stereocenters. The maximum atomic E-state index is 12.3. The average molecular weight is 308 g/mol. The lowest BCUT2D eigenvalue weighted by Gasteiger charge is -2.07. The number of carbonyl (C=O) groups excluding carboxylic acids is 1. The molecule has 1 aromatic heterocycles. The molecule has 0 spiro atoms. The van der Waals surface area contributed by atoms with Crippen molar-refractivity contribution in [1.82, 2.24) is 10.2 Å². The first-order chi connectivity index (χ1) is 11.3. The highest BCUT2D eigenvalue weighted by atomic mass is 16.5. The number of nitrogens with one attached hydrogen (secondary N) is 1. The number of methoxy groups -OCH3 is 1. The summed E-state index contributed by atoms with van der Waals surface area (Å²) in [6, 6.07) is 17.0. The van der Waals surface area contributed by atoms with Crippen molar-refractivity contribution in [3.63, 3.8) is 0 Å². The van der Waals surface area contributed by atoms with Crippen molar-refractivity contribution < 1.29 is 14.3 Å². The third-order valence-corrected chi connectivity index (χ3v) is 3.43. The van der Waals surface area contributed by atoms with Gasteiger partial charge in [-0.25, -0.2) is 4.79 Å². The van der Waals surface area contributed by atoms with Gasteiger partial charge in [-0.15, -0.1) is 0 Å². The molecule has 3 aromatic rings. The van der Waals surface area contributed by atoms with Gasteiger partial charge in [0, 0.05) is 5.56 Å². The Morgan fingerprint density at radius 2 is 1.96 bits per heavy atom. The smallest absolute Gasteiger partial charge is 0.342 e. The number of aromatic nitrogens is 2. The van der Waals surface area contributed by atoms with Gasteiger partial charge in [0.05, 0.1) is 19.0 Å². The van der Waals surface area contributed by atoms with Crippen LogP contribution in [-0.2, 0) is 11.3 Å². The van der Waals surface area contributed by atoms with E-state index in [1.165, 1.54) is 6.20 Å². The third kappa shape index (κ3) is 3.40. The SMILES string of the molecule is COc1cccc(COC(=O)c2cn[nH]c2-c2ccccc2)c1. The van der Waals surface area contributed by atoms with E-state index < -0.39 is 5.97 Å². The zero-order valence-corrected chi connectivity index (χ0v) is 12.7. The summed E-state index contributed by atoms with van der Waals surface area (Å²) in [6.45, 7) is 0.176. The lowest BCUT2D eigenvalue weighted by molar-refractivity contribution is 0.0473. The molecule has 0 amide bonds. The Hall–Kier alpha value is -3.08. The molecule has 2 aromatic carbocycles. The standard InChI is InChI=1S/C18H16N2O3/c1-22-15-9-5-6-13(10-15)12-23-18(21)16-11-19-20-17(16)14-7-3-2-4-8-14/h2-11H,12H2,1H3,(H,19,20). The highest BCUT2D eigenvalue weighted by Gasteiger charge is 2.16. The molecule has 0 aliphatic heterocycles. The molecule has 0 unspecified atom stereocenters. The van der Waals surface area contributed by atoms with E-state index in [4.69, 9.17) is 9.47 Å². The van der Waals surface area contributed by atoms with Gasteiger partial charge < -0.3 is 9.47 Å². The van der Waals surface area contributed by atoms with Gasteiger partial charge in [0.2, 0.25) is 0 Å². The summed E-state index contributed by atoms with van der Waals surface area (Å²) in [6.07, 6.45) is 1.48. The molecule has 0 saturated heterocycles. The predicted molar refractivity (Wildman–Crippen MR) is 86.1 cm³/mol. The normalized spacial score (nSPS) is 10.3. The maximum Gasteiger partial charge on any atom is 0.342 e. The van der Waals surface area contributed by atoms with Crippen molar-refractivity contribution in [2.24, 2.45) is 0 Å². The van der Waals surface area contributed by atoms with Crippen LogP contribution < -0.4 is 4.74 Å². The topological polar surface area (TPSA) is 64.2 Å². The van der Waals surface area contributed by atoms with Crippen molar-refractivity contribution in [1.29, 1.82) is 0 Å². The molecular formula is C18H16N2O3. The second-order valence-corrected chi connectivity index (χ2v) is 4.95. The minimum Gasteiger partial charge on any atom is -0.497 e. The van der Waals surface area contributed by atoms with E-state index in [-0.39, 0.29) is 6.61 Å². The fourth-order valence-corrected chi connectivity index (χ4v) is 2.25. The summed E-state index contributed by atoms with van der Waals surface area (Å²) in [4.78, 5) is 12.3. The molecule has 1 heterocycles. The summed E-state index contributed by atoms with van der Waals surface area (Å²) >= 11 is 0. The Balaban J connectivity index is 1.73. The van der Waals surface area contributed by atoms with Gasteiger partial charge in [0.25, 0.3) is 0 Å². The Bertz CT molecular complexity index is 797. The molecule has 0 aliphatic carbocycles. The number of carbonyl (C=O) groups is 1. The second kappa shape index (κ2) is 6.79. The predicted octanol–water partition coefficient (Wildman–Crippen LogP) is 3.44. The van der Waals surface area contributed by atoms with Crippen LogP contribution in [0.5, 0.6) is 5.75 Å². The van der Waals surface area contributed by atoms with E-state index in [2.05, 4.69) is 10.2 Å². The van der Waals surface area contributed by atoms with Crippen molar-refractivity contribution in [3.05, 3.63) is 71.9 Å². The van der Waals surface area contributed by atoms with Gasteiger partial charge in [-0.05, 0) is 17.7 Å². The molecule has 5 heteroatoms. The summed E-state index contributed by atoms with van der Waals surface area (Å²) in [5, 5.41) is 6.80. The summed E-state index contributed by atoms with van der Waals surface area (Å²) < 4.78 is 10.5. The Labute approximate surface area is 133 Å². The van der Waals surface area contributed by atoms with Crippen molar-refractivity contribution in [2.75, 3.05) is 7.11 Å². The fourth-order valence-electron chi connectivity index (χ4n) is 2.25. The van der Waals surface area contributed by atoms with Gasteiger partial charge in [-0.3, -0.25) is 5.10 Å². The van der Waals surface area contributed by atoms with Crippen molar-refractivity contribution in [2.45, 2.75) is 6.61 Å². The van der Waals surface area contributed by atoms with Crippen LogP contribution in [0.25, 0.3) is 11.3 Å². The molecule has 5 nitrogen and oxygen atoms in total. The lowest BCUT2D eigenvalue weighted by atomic mass is 10.1. The van der Waals surface area contributed by atoms with Crippen LogP contribution in [0, 0.1) is 0 Å². The molecule has 0 saturated carbocycles. The summed E-state index contributed by atoms with van der Waals surface area (Å²) in [7, 11) is 1.60. The lowest BCUT2D eigenvalue weighted by Crippen LogP contribution is -2.06. The van der Waals surface area contributed by atoms with Gasteiger partial charge >= 0.3 is 5.97 Å². The Morgan fingerprint density at radius 3 is 2.74 bits per heavy atom. The summed E-state index contributed by atoms with van der Waals surface area (Å²) in [5.41, 5.74) is 2.82. The average Bonchev–Trinajstić information content (AvgIpc) is 3.10. The molecule has 0 bridgehead atoms. The number of esters is 1. The van der Waals surface area contributed by atoms with Crippen LogP contribution in [-0.4, -0.2) is 23.3 Å². The van der Waals surface area contributed by atoms with Crippen molar-refractivity contribution >= 4 is 5.97 Å². The second-order valence-electron chi connectivity index (χ2n) is 4.95. The van der Waals surface area contributed by atoms with Gasteiger partial charge in [0.1, 0.15) is 17.9 Å². The maximum absolute atomic E-state index is 12.3. The zero-order chi connectivity index (χ0) is 16.1. The molecule has 116 valence electrons.